The van der Waals surface area contributed by atoms with E-state index in [2.05, 4.69) is 5.32 Å². The van der Waals surface area contributed by atoms with Crippen molar-refractivity contribution in [2.24, 2.45) is 0 Å². The molecule has 0 aliphatic heterocycles. The molecule has 78 valence electrons. The Kier molecular flexibility index (Phi) is 8.37. The largest absolute Gasteiger partial charge is 0.374 e. The van der Waals surface area contributed by atoms with Gasteiger partial charge in [0, 0.05) is 21.1 Å². The Morgan fingerprint density at radius 2 is 2.08 bits per heavy atom. The molecule has 0 aromatic heterocycles. The molecule has 0 spiro atoms. The number of amides is 1. The molecule has 0 aliphatic rings. The Hall–Kier alpha value is -0.140. The predicted molar refractivity (Wildman–Crippen MR) is 57.1 cm³/mol. The van der Waals surface area contributed by atoms with Gasteiger partial charge in [-0.3, -0.25) is 4.79 Å². The van der Waals surface area contributed by atoms with Gasteiger partial charge >= 0.3 is 0 Å². The maximum atomic E-state index is 10.8. The van der Waals surface area contributed by atoms with Gasteiger partial charge in [0.25, 0.3) is 0 Å². The summed E-state index contributed by atoms with van der Waals surface area (Å²) in [6.07, 6.45) is 4.68. The minimum Gasteiger partial charge on any atom is -0.374 e. The molecule has 0 bridgehead atoms. The Labute approximate surface area is 81.8 Å². The second-order valence-corrected chi connectivity index (χ2v) is 4.91. The third-order valence-corrected chi connectivity index (χ3v) is 2.77. The smallest absolute Gasteiger partial charge is 0.219 e. The minimum atomic E-state index is -0.724. The van der Waals surface area contributed by atoms with Gasteiger partial charge in [-0.15, -0.1) is 0 Å². The molecule has 3 nitrogen and oxygen atoms in total. The van der Waals surface area contributed by atoms with Crippen LogP contribution in [0.25, 0.3) is 0 Å². The van der Waals surface area contributed by atoms with Crippen LogP contribution < -0.4 is 5.32 Å². The molecule has 0 saturated carbocycles. The van der Waals surface area contributed by atoms with Crippen molar-refractivity contribution in [3.8, 4) is 0 Å². The highest BCUT2D eigenvalue weighted by atomic mass is 31.1. The van der Waals surface area contributed by atoms with E-state index in [-0.39, 0.29) is 5.91 Å². The normalized spacial score (nSPS) is 12.5. The van der Waals surface area contributed by atoms with E-state index in [4.69, 9.17) is 4.89 Å². The molecule has 0 aliphatic carbocycles. The summed E-state index contributed by atoms with van der Waals surface area (Å²) in [4.78, 5) is 19.8. The second kappa shape index (κ2) is 8.46. The third-order valence-electron chi connectivity index (χ3n) is 1.80. The topological polar surface area (TPSA) is 49.3 Å². The van der Waals surface area contributed by atoms with Crippen molar-refractivity contribution in [3.05, 3.63) is 0 Å². The van der Waals surface area contributed by atoms with Gasteiger partial charge in [0.2, 0.25) is 5.91 Å². The molecule has 0 rings (SSSR count). The minimum absolute atomic E-state index is 0.125. The number of rotatable bonds is 7. The maximum absolute atomic E-state index is 10.8. The zero-order valence-corrected chi connectivity index (χ0v) is 9.44. The van der Waals surface area contributed by atoms with Crippen LogP contribution in [-0.4, -0.2) is 30.2 Å². The lowest BCUT2D eigenvalue weighted by Gasteiger charge is -2.04. The first-order valence-corrected chi connectivity index (χ1v) is 6.76. The summed E-state index contributed by atoms with van der Waals surface area (Å²) in [7, 11) is -0.724. The van der Waals surface area contributed by atoms with Crippen molar-refractivity contribution < 1.29 is 9.69 Å². The first-order chi connectivity index (χ1) is 6.16. The zero-order valence-electron chi connectivity index (χ0n) is 8.55. The van der Waals surface area contributed by atoms with E-state index in [0.29, 0.717) is 6.42 Å². The molecule has 4 heteroatoms. The summed E-state index contributed by atoms with van der Waals surface area (Å²) in [5.41, 5.74) is 0. The summed E-state index contributed by atoms with van der Waals surface area (Å²) in [6, 6.07) is 0. The van der Waals surface area contributed by atoms with Gasteiger partial charge in [-0.05, 0) is 25.7 Å². The van der Waals surface area contributed by atoms with Crippen LogP contribution in [0.2, 0.25) is 0 Å². The van der Waals surface area contributed by atoms with E-state index in [1.54, 1.807) is 0 Å². The standard InChI is InChI=1S/C9H20NO2P/c1-3-9(11)10-7-5-4-6-8-13(2)12/h12H,3-8H2,1-2H3,(H,10,11). The maximum Gasteiger partial charge on any atom is 0.219 e. The molecular weight excluding hydrogens is 185 g/mol. The molecule has 0 aromatic carbocycles. The van der Waals surface area contributed by atoms with Crippen LogP contribution in [0.3, 0.4) is 0 Å². The van der Waals surface area contributed by atoms with E-state index in [1.165, 1.54) is 0 Å². The lowest BCUT2D eigenvalue weighted by molar-refractivity contribution is -0.120. The van der Waals surface area contributed by atoms with Crippen molar-refractivity contribution >= 4 is 14.1 Å². The molecule has 13 heavy (non-hydrogen) atoms. The van der Waals surface area contributed by atoms with Crippen molar-refractivity contribution in [1.29, 1.82) is 0 Å². The van der Waals surface area contributed by atoms with Crippen LogP contribution in [-0.2, 0) is 4.79 Å². The van der Waals surface area contributed by atoms with E-state index >= 15 is 0 Å². The highest BCUT2D eigenvalue weighted by molar-refractivity contribution is 7.50. The Morgan fingerprint density at radius 1 is 1.38 bits per heavy atom. The molecule has 0 aromatic rings. The quantitative estimate of drug-likeness (QED) is 0.491. The third kappa shape index (κ3) is 9.78. The molecule has 0 heterocycles. The number of carbonyl (C=O) groups excluding carboxylic acids is 1. The van der Waals surface area contributed by atoms with Crippen LogP contribution in [0.4, 0.5) is 0 Å². The molecule has 0 saturated heterocycles. The first-order valence-electron chi connectivity index (χ1n) is 4.83. The molecule has 2 N–H and O–H groups in total. The average Bonchev–Trinajstić information content (AvgIpc) is 2.10. The second-order valence-electron chi connectivity index (χ2n) is 3.15. The SMILES string of the molecule is CCC(=O)NCCCCCP(C)O. The highest BCUT2D eigenvalue weighted by Crippen LogP contribution is 2.24. The van der Waals surface area contributed by atoms with Gasteiger partial charge in [-0.1, -0.05) is 13.3 Å². The van der Waals surface area contributed by atoms with Crippen molar-refractivity contribution in [3.63, 3.8) is 0 Å². The van der Waals surface area contributed by atoms with Crippen molar-refractivity contribution in [1.82, 2.24) is 5.32 Å². The molecule has 1 atom stereocenters. The number of carbonyl (C=O) groups is 1. The Bertz CT molecular complexity index is 140. The average molecular weight is 205 g/mol. The van der Waals surface area contributed by atoms with Gasteiger partial charge in [-0.25, -0.2) is 0 Å². The van der Waals surface area contributed by atoms with Crippen LogP contribution in [0.1, 0.15) is 32.6 Å². The Morgan fingerprint density at radius 3 is 2.62 bits per heavy atom. The molecule has 1 amide bonds. The van der Waals surface area contributed by atoms with Crippen LogP contribution in [0, 0.1) is 0 Å². The highest BCUT2D eigenvalue weighted by Gasteiger charge is 1.97. The van der Waals surface area contributed by atoms with E-state index in [0.717, 1.165) is 32.0 Å². The summed E-state index contributed by atoms with van der Waals surface area (Å²) in [5.74, 6) is 0.125. The predicted octanol–water partition coefficient (Wildman–Crippen LogP) is 1.70. The van der Waals surface area contributed by atoms with Crippen LogP contribution in [0.15, 0.2) is 0 Å². The summed E-state index contributed by atoms with van der Waals surface area (Å²) in [5, 5.41) is 2.82. The van der Waals surface area contributed by atoms with Crippen LogP contribution >= 0.6 is 8.15 Å². The molecular formula is C9H20NO2P. The molecule has 0 radical (unpaired) electrons. The molecule has 1 unspecified atom stereocenters. The van der Waals surface area contributed by atoms with Gasteiger partial charge in [0.1, 0.15) is 0 Å². The summed E-state index contributed by atoms with van der Waals surface area (Å²) < 4.78 is 0. The monoisotopic (exact) mass is 205 g/mol. The fraction of sp³-hybridized carbons (Fsp3) is 0.889. The van der Waals surface area contributed by atoms with Gasteiger partial charge in [-0.2, -0.15) is 0 Å². The van der Waals surface area contributed by atoms with E-state index < -0.39 is 8.15 Å². The summed E-state index contributed by atoms with van der Waals surface area (Å²) in [6.45, 7) is 4.50. The van der Waals surface area contributed by atoms with E-state index in [1.807, 2.05) is 13.6 Å². The van der Waals surface area contributed by atoms with Crippen molar-refractivity contribution in [2.45, 2.75) is 32.6 Å². The van der Waals surface area contributed by atoms with Gasteiger partial charge in [0.15, 0.2) is 0 Å². The fourth-order valence-corrected chi connectivity index (χ4v) is 1.68. The molecule has 0 fully saturated rings. The number of unbranched alkanes of at least 4 members (excludes halogenated alkanes) is 2. The lowest BCUT2D eigenvalue weighted by atomic mass is 10.2. The summed E-state index contributed by atoms with van der Waals surface area (Å²) >= 11 is 0. The van der Waals surface area contributed by atoms with Gasteiger partial charge < -0.3 is 10.2 Å². The van der Waals surface area contributed by atoms with Crippen LogP contribution in [0.5, 0.6) is 0 Å². The lowest BCUT2D eigenvalue weighted by Crippen LogP contribution is -2.23. The van der Waals surface area contributed by atoms with Crippen molar-refractivity contribution in [2.75, 3.05) is 19.4 Å². The number of nitrogens with one attached hydrogen (secondary N) is 1. The fourth-order valence-electron chi connectivity index (χ4n) is 0.995. The first kappa shape index (κ1) is 12.9. The number of hydrogen-bond acceptors (Lipinski definition) is 2. The number of hydrogen-bond donors (Lipinski definition) is 2. The Balaban J connectivity index is 3.04. The van der Waals surface area contributed by atoms with E-state index in [9.17, 15) is 4.79 Å². The van der Waals surface area contributed by atoms with Gasteiger partial charge in [0.05, 0.1) is 0 Å². The zero-order chi connectivity index (χ0) is 10.1.